The first-order chi connectivity index (χ1) is 7.81. The van der Waals surface area contributed by atoms with Gasteiger partial charge in [-0.25, -0.2) is 4.39 Å². The van der Waals surface area contributed by atoms with Crippen LogP contribution in [0.4, 0.5) is 4.39 Å². The quantitative estimate of drug-likeness (QED) is 0.774. The molecule has 0 aliphatic carbocycles. The lowest BCUT2D eigenvalue weighted by atomic mass is 9.85. The van der Waals surface area contributed by atoms with Gasteiger partial charge in [-0.2, -0.15) is 0 Å². The van der Waals surface area contributed by atoms with Gasteiger partial charge in [0.05, 0.1) is 0 Å². The highest BCUT2D eigenvalue weighted by Crippen LogP contribution is 2.25. The van der Waals surface area contributed by atoms with Crippen LogP contribution in [0.1, 0.15) is 45.4 Å². The van der Waals surface area contributed by atoms with Gasteiger partial charge in [0.25, 0.3) is 0 Å². The van der Waals surface area contributed by atoms with Crippen LogP contribution in [-0.2, 0) is 0 Å². The van der Waals surface area contributed by atoms with E-state index in [9.17, 15) is 4.39 Å². The Balaban J connectivity index is 1.84. The van der Waals surface area contributed by atoms with Gasteiger partial charge in [0.15, 0.2) is 0 Å². The first-order valence-electron chi connectivity index (χ1n) is 6.92. The summed E-state index contributed by atoms with van der Waals surface area (Å²) in [5, 5.41) is 6.70. The van der Waals surface area contributed by atoms with Gasteiger partial charge < -0.3 is 10.6 Å². The number of rotatable bonds is 3. The van der Waals surface area contributed by atoms with Crippen molar-refractivity contribution in [1.82, 2.24) is 10.6 Å². The summed E-state index contributed by atoms with van der Waals surface area (Å²) in [6.45, 7) is 4.21. The molecule has 0 aromatic heterocycles. The molecule has 2 heterocycles. The van der Waals surface area contributed by atoms with Crippen LogP contribution in [0.5, 0.6) is 0 Å². The molecule has 0 aromatic carbocycles. The van der Waals surface area contributed by atoms with Crippen LogP contribution in [0.3, 0.4) is 0 Å². The molecule has 0 spiro atoms. The van der Waals surface area contributed by atoms with E-state index in [0.29, 0.717) is 0 Å². The summed E-state index contributed by atoms with van der Waals surface area (Å²) >= 11 is 0. The second-order valence-electron chi connectivity index (χ2n) is 5.36. The van der Waals surface area contributed by atoms with E-state index in [1.165, 1.54) is 25.7 Å². The van der Waals surface area contributed by atoms with Crippen molar-refractivity contribution >= 4 is 0 Å². The first kappa shape index (κ1) is 12.3. The Kier molecular flexibility index (Phi) is 4.59. The number of piperidine rings is 2. The molecule has 2 rings (SSSR count). The fourth-order valence-electron chi connectivity index (χ4n) is 3.08. The van der Waals surface area contributed by atoms with Crippen molar-refractivity contribution in [3.8, 4) is 0 Å². The van der Waals surface area contributed by atoms with Gasteiger partial charge in [-0.15, -0.1) is 0 Å². The van der Waals surface area contributed by atoms with E-state index in [2.05, 4.69) is 17.6 Å². The number of hydrogen-bond donors (Lipinski definition) is 2. The topological polar surface area (TPSA) is 24.1 Å². The number of alkyl halides is 1. The monoisotopic (exact) mass is 228 g/mol. The van der Waals surface area contributed by atoms with Crippen molar-refractivity contribution in [3.05, 3.63) is 0 Å². The summed E-state index contributed by atoms with van der Waals surface area (Å²) in [6, 6.07) is 0.191. The average Bonchev–Trinajstić information content (AvgIpc) is 2.39. The normalized spacial score (nSPS) is 38.2. The largest absolute Gasteiger partial charge is 0.311 e. The van der Waals surface area contributed by atoms with Crippen molar-refractivity contribution < 1.29 is 4.39 Å². The van der Waals surface area contributed by atoms with E-state index >= 15 is 0 Å². The van der Waals surface area contributed by atoms with Gasteiger partial charge in [0, 0.05) is 12.1 Å². The zero-order valence-corrected chi connectivity index (χ0v) is 10.3. The van der Waals surface area contributed by atoms with Crippen molar-refractivity contribution in [2.24, 2.45) is 5.92 Å². The average molecular weight is 228 g/mol. The molecule has 0 radical (unpaired) electrons. The summed E-state index contributed by atoms with van der Waals surface area (Å²) < 4.78 is 14.4. The first-order valence-corrected chi connectivity index (χ1v) is 6.92. The highest BCUT2D eigenvalue weighted by Gasteiger charge is 2.33. The lowest BCUT2D eigenvalue weighted by molar-refractivity contribution is 0.132. The molecular formula is C13H25FN2. The minimum absolute atomic E-state index is 0.0919. The number of nitrogens with one attached hydrogen (secondary N) is 2. The number of halogens is 1. The van der Waals surface area contributed by atoms with E-state index in [1.54, 1.807) is 0 Å². The summed E-state index contributed by atoms with van der Waals surface area (Å²) in [5.74, 6) is 0.730. The molecule has 0 saturated carbocycles. The molecule has 94 valence electrons. The van der Waals surface area contributed by atoms with Crippen LogP contribution < -0.4 is 10.6 Å². The van der Waals surface area contributed by atoms with E-state index in [1.807, 2.05) is 0 Å². The second kappa shape index (κ2) is 5.97. The Bertz CT molecular complexity index is 204. The summed E-state index contributed by atoms with van der Waals surface area (Å²) in [6.07, 6.45) is 6.14. The second-order valence-corrected chi connectivity index (χ2v) is 5.36. The predicted octanol–water partition coefficient (Wildman–Crippen LogP) is 2.24. The molecule has 2 aliphatic heterocycles. The maximum absolute atomic E-state index is 14.4. The van der Waals surface area contributed by atoms with E-state index in [-0.39, 0.29) is 12.1 Å². The summed E-state index contributed by atoms with van der Waals surface area (Å²) in [4.78, 5) is 0. The van der Waals surface area contributed by atoms with Gasteiger partial charge in [0.1, 0.15) is 6.17 Å². The highest BCUT2D eigenvalue weighted by molar-refractivity contribution is 4.91. The molecule has 2 N–H and O–H groups in total. The van der Waals surface area contributed by atoms with Gasteiger partial charge in [-0.1, -0.05) is 19.8 Å². The Labute approximate surface area is 98.4 Å². The molecule has 2 aliphatic rings. The van der Waals surface area contributed by atoms with Crippen LogP contribution in [0, 0.1) is 5.92 Å². The molecule has 0 bridgehead atoms. The third-order valence-electron chi connectivity index (χ3n) is 4.24. The van der Waals surface area contributed by atoms with Crippen LogP contribution >= 0.6 is 0 Å². The van der Waals surface area contributed by atoms with Gasteiger partial charge in [-0.3, -0.25) is 0 Å². The molecule has 2 nitrogen and oxygen atoms in total. The van der Waals surface area contributed by atoms with Gasteiger partial charge >= 0.3 is 0 Å². The Morgan fingerprint density at radius 3 is 2.62 bits per heavy atom. The lowest BCUT2D eigenvalue weighted by Gasteiger charge is -2.36. The van der Waals surface area contributed by atoms with Crippen LogP contribution in [0.25, 0.3) is 0 Å². The minimum atomic E-state index is -0.699. The standard InChI is InChI=1S/C13H25FN2/c1-2-10-6-8-16-12(9-10)13(14)11-5-3-4-7-15-11/h10-13,15-16H,2-9H2,1H3. The maximum Gasteiger partial charge on any atom is 0.131 e. The molecule has 2 fully saturated rings. The summed E-state index contributed by atoms with van der Waals surface area (Å²) in [7, 11) is 0. The van der Waals surface area contributed by atoms with E-state index < -0.39 is 6.17 Å². The molecule has 2 saturated heterocycles. The molecular weight excluding hydrogens is 203 g/mol. The van der Waals surface area contributed by atoms with Crippen LogP contribution in [0.2, 0.25) is 0 Å². The van der Waals surface area contributed by atoms with Crippen molar-refractivity contribution in [2.75, 3.05) is 13.1 Å². The minimum Gasteiger partial charge on any atom is -0.311 e. The third-order valence-corrected chi connectivity index (χ3v) is 4.24. The fourth-order valence-corrected chi connectivity index (χ4v) is 3.08. The van der Waals surface area contributed by atoms with Crippen molar-refractivity contribution in [3.63, 3.8) is 0 Å². The molecule has 3 heteroatoms. The van der Waals surface area contributed by atoms with Gasteiger partial charge in [-0.05, 0) is 44.7 Å². The van der Waals surface area contributed by atoms with E-state index in [0.717, 1.165) is 31.8 Å². The Morgan fingerprint density at radius 1 is 1.12 bits per heavy atom. The summed E-state index contributed by atoms with van der Waals surface area (Å²) in [5.41, 5.74) is 0. The molecule has 4 unspecified atom stereocenters. The maximum atomic E-state index is 14.4. The molecule has 0 aromatic rings. The van der Waals surface area contributed by atoms with E-state index in [4.69, 9.17) is 0 Å². The molecule has 16 heavy (non-hydrogen) atoms. The smallest absolute Gasteiger partial charge is 0.131 e. The zero-order valence-electron chi connectivity index (χ0n) is 10.3. The predicted molar refractivity (Wildman–Crippen MR) is 65.3 cm³/mol. The molecule has 4 atom stereocenters. The van der Waals surface area contributed by atoms with Gasteiger partial charge in [0.2, 0.25) is 0 Å². The van der Waals surface area contributed by atoms with Crippen molar-refractivity contribution in [1.29, 1.82) is 0 Å². The lowest BCUT2D eigenvalue weighted by Crippen LogP contribution is -2.53. The fraction of sp³-hybridized carbons (Fsp3) is 1.00. The number of hydrogen-bond acceptors (Lipinski definition) is 2. The Morgan fingerprint density at radius 2 is 1.94 bits per heavy atom. The highest BCUT2D eigenvalue weighted by atomic mass is 19.1. The van der Waals surface area contributed by atoms with Crippen LogP contribution in [-0.4, -0.2) is 31.3 Å². The Hall–Kier alpha value is -0.150. The zero-order chi connectivity index (χ0) is 11.4. The molecule has 0 amide bonds. The van der Waals surface area contributed by atoms with Crippen LogP contribution in [0.15, 0.2) is 0 Å². The van der Waals surface area contributed by atoms with Crippen molar-refractivity contribution in [2.45, 2.75) is 63.7 Å². The third kappa shape index (κ3) is 2.95. The SMILES string of the molecule is CCC1CCNC(C(F)C2CCCCN2)C1.